The fourth-order valence-electron chi connectivity index (χ4n) is 3.27. The number of piperidine rings is 2. The van der Waals surface area contributed by atoms with E-state index in [1.54, 1.807) is 0 Å². The first-order chi connectivity index (χ1) is 7.83. The highest BCUT2D eigenvalue weighted by Gasteiger charge is 2.39. The van der Waals surface area contributed by atoms with Crippen molar-refractivity contribution in [2.24, 2.45) is 5.92 Å². The predicted molar refractivity (Wildman–Crippen MR) is 71.2 cm³/mol. The molecule has 3 unspecified atom stereocenters. The number of aliphatic hydroxyl groups is 1. The summed E-state index contributed by atoms with van der Waals surface area (Å²) >= 11 is 0. The number of nitrogens with zero attached hydrogens (tertiary/aromatic N) is 1. The molecule has 3 heteroatoms. The molecule has 4 rings (SSSR count). The molecule has 2 saturated heterocycles. The highest BCUT2D eigenvalue weighted by Crippen LogP contribution is 2.35. The van der Waals surface area contributed by atoms with E-state index in [1.165, 1.54) is 24.9 Å². The molecular formula is C14H20ClNO. The molecule has 1 saturated carbocycles. The Labute approximate surface area is 109 Å². The first-order valence-electron chi connectivity index (χ1n) is 6.29. The zero-order valence-electron chi connectivity index (χ0n) is 9.96. The van der Waals surface area contributed by atoms with E-state index in [1.807, 2.05) is 0 Å². The van der Waals surface area contributed by atoms with Crippen molar-refractivity contribution in [3.63, 3.8) is 0 Å². The van der Waals surface area contributed by atoms with E-state index in [-0.39, 0.29) is 18.5 Å². The van der Waals surface area contributed by atoms with Crippen LogP contribution in [0.2, 0.25) is 0 Å². The molecule has 0 aromatic heterocycles. The van der Waals surface area contributed by atoms with Crippen molar-refractivity contribution in [2.75, 3.05) is 6.54 Å². The summed E-state index contributed by atoms with van der Waals surface area (Å²) in [6.07, 6.45) is 3.43. The van der Waals surface area contributed by atoms with E-state index in [9.17, 15) is 5.11 Å². The molecule has 1 aromatic rings. The Morgan fingerprint density at radius 1 is 1.18 bits per heavy atom. The van der Waals surface area contributed by atoms with Crippen molar-refractivity contribution in [1.82, 2.24) is 4.90 Å². The topological polar surface area (TPSA) is 23.5 Å². The molecule has 1 aliphatic carbocycles. The Bertz CT molecular complexity index is 356. The van der Waals surface area contributed by atoms with Crippen molar-refractivity contribution in [1.29, 1.82) is 0 Å². The van der Waals surface area contributed by atoms with Crippen LogP contribution in [0.3, 0.4) is 0 Å². The molecule has 3 atom stereocenters. The van der Waals surface area contributed by atoms with Gasteiger partial charge in [-0.3, -0.25) is 4.90 Å². The fourth-order valence-corrected chi connectivity index (χ4v) is 3.27. The third-order valence-corrected chi connectivity index (χ3v) is 4.08. The number of halogens is 1. The van der Waals surface area contributed by atoms with E-state index >= 15 is 0 Å². The first-order valence-corrected chi connectivity index (χ1v) is 6.29. The standard InChI is InChI=1S/C14H19NO.ClH/c16-14-8-12-6-7-13(14)15(10-12)9-11-4-2-1-3-5-11;/h1-5,12-14,16H,6-10H2;1H. The predicted octanol–water partition coefficient (Wildman–Crippen LogP) is 2.45. The highest BCUT2D eigenvalue weighted by atomic mass is 35.5. The fraction of sp³-hybridized carbons (Fsp3) is 0.571. The maximum Gasteiger partial charge on any atom is 0.0698 e. The summed E-state index contributed by atoms with van der Waals surface area (Å²) in [6, 6.07) is 11.0. The van der Waals surface area contributed by atoms with E-state index < -0.39 is 0 Å². The third kappa shape index (κ3) is 2.65. The number of fused-ring (bicyclic) bond motifs is 3. The van der Waals surface area contributed by atoms with Crippen LogP contribution in [0.15, 0.2) is 30.3 Å². The van der Waals surface area contributed by atoms with Crippen molar-refractivity contribution in [2.45, 2.75) is 38.0 Å². The molecule has 94 valence electrons. The van der Waals surface area contributed by atoms with Gasteiger partial charge in [0.1, 0.15) is 0 Å². The van der Waals surface area contributed by atoms with Crippen LogP contribution in [-0.2, 0) is 6.54 Å². The summed E-state index contributed by atoms with van der Waals surface area (Å²) in [5.74, 6) is 0.726. The summed E-state index contributed by atoms with van der Waals surface area (Å²) in [4.78, 5) is 2.47. The Hall–Kier alpha value is -0.570. The maximum atomic E-state index is 10.0. The Balaban J connectivity index is 0.00000108. The van der Waals surface area contributed by atoms with Crippen LogP contribution in [0.4, 0.5) is 0 Å². The lowest BCUT2D eigenvalue weighted by Gasteiger charge is -2.48. The first kappa shape index (κ1) is 12.9. The van der Waals surface area contributed by atoms with Gasteiger partial charge in [-0.25, -0.2) is 0 Å². The van der Waals surface area contributed by atoms with Gasteiger partial charge < -0.3 is 5.11 Å². The van der Waals surface area contributed by atoms with Gasteiger partial charge in [0.15, 0.2) is 0 Å². The SMILES string of the molecule is Cl.OC1CC2CCC1N(Cc1ccccc1)C2. The number of benzene rings is 1. The molecule has 2 bridgehead atoms. The van der Waals surface area contributed by atoms with Crippen LogP contribution in [0.1, 0.15) is 24.8 Å². The zero-order chi connectivity index (χ0) is 11.0. The van der Waals surface area contributed by atoms with Crippen molar-refractivity contribution >= 4 is 12.4 Å². The van der Waals surface area contributed by atoms with Gasteiger partial charge in [-0.15, -0.1) is 12.4 Å². The molecule has 3 fully saturated rings. The number of hydrogen-bond donors (Lipinski definition) is 1. The Morgan fingerprint density at radius 2 is 1.94 bits per heavy atom. The van der Waals surface area contributed by atoms with E-state index in [4.69, 9.17) is 0 Å². The van der Waals surface area contributed by atoms with Gasteiger partial charge in [0.05, 0.1) is 6.10 Å². The summed E-state index contributed by atoms with van der Waals surface area (Å²) in [5, 5.41) is 10.0. The normalized spacial score (nSPS) is 32.2. The van der Waals surface area contributed by atoms with Gasteiger partial charge in [-0.2, -0.15) is 0 Å². The molecular weight excluding hydrogens is 234 g/mol. The minimum Gasteiger partial charge on any atom is -0.391 e. The van der Waals surface area contributed by atoms with E-state index in [0.29, 0.717) is 6.04 Å². The van der Waals surface area contributed by atoms with Crippen LogP contribution >= 0.6 is 12.4 Å². The lowest BCUT2D eigenvalue weighted by Crippen LogP contribution is -2.55. The number of aliphatic hydroxyl groups excluding tert-OH is 1. The largest absolute Gasteiger partial charge is 0.391 e. The molecule has 2 aliphatic heterocycles. The quantitative estimate of drug-likeness (QED) is 0.875. The summed E-state index contributed by atoms with van der Waals surface area (Å²) in [7, 11) is 0. The van der Waals surface area contributed by atoms with Crippen molar-refractivity contribution < 1.29 is 5.11 Å². The minimum atomic E-state index is -0.0868. The van der Waals surface area contributed by atoms with E-state index in [2.05, 4.69) is 35.2 Å². The second-order valence-electron chi connectivity index (χ2n) is 5.23. The van der Waals surface area contributed by atoms with Gasteiger partial charge in [-0.05, 0) is 30.7 Å². The van der Waals surface area contributed by atoms with Crippen LogP contribution in [0.5, 0.6) is 0 Å². The second kappa shape index (κ2) is 5.38. The molecule has 17 heavy (non-hydrogen) atoms. The lowest BCUT2D eigenvalue weighted by molar-refractivity contribution is -0.0582. The zero-order valence-corrected chi connectivity index (χ0v) is 10.8. The van der Waals surface area contributed by atoms with Gasteiger partial charge in [0.2, 0.25) is 0 Å². The monoisotopic (exact) mass is 253 g/mol. The van der Waals surface area contributed by atoms with Crippen LogP contribution in [0.25, 0.3) is 0 Å². The molecule has 2 nitrogen and oxygen atoms in total. The smallest absolute Gasteiger partial charge is 0.0698 e. The Kier molecular flexibility index (Phi) is 4.08. The number of hydrogen-bond acceptors (Lipinski definition) is 2. The molecule has 1 aromatic carbocycles. The lowest BCUT2D eigenvalue weighted by atomic mass is 9.78. The van der Waals surface area contributed by atoms with Crippen LogP contribution in [-0.4, -0.2) is 28.7 Å². The van der Waals surface area contributed by atoms with Crippen LogP contribution in [0, 0.1) is 5.92 Å². The molecule has 0 radical (unpaired) electrons. The molecule has 3 aliphatic rings. The summed E-state index contributed by atoms with van der Waals surface area (Å²) in [6.45, 7) is 2.18. The number of rotatable bonds is 2. The van der Waals surface area contributed by atoms with Crippen LogP contribution < -0.4 is 0 Å². The highest BCUT2D eigenvalue weighted by molar-refractivity contribution is 5.85. The third-order valence-electron chi connectivity index (χ3n) is 4.08. The Morgan fingerprint density at radius 3 is 2.59 bits per heavy atom. The molecule has 1 N–H and O–H groups in total. The maximum absolute atomic E-state index is 10.0. The van der Waals surface area contributed by atoms with Gasteiger partial charge >= 0.3 is 0 Å². The molecule has 0 spiro atoms. The van der Waals surface area contributed by atoms with Gasteiger partial charge in [0, 0.05) is 19.1 Å². The summed E-state index contributed by atoms with van der Waals surface area (Å²) < 4.78 is 0. The molecule has 2 heterocycles. The summed E-state index contributed by atoms with van der Waals surface area (Å²) in [5.41, 5.74) is 1.36. The van der Waals surface area contributed by atoms with E-state index in [0.717, 1.165) is 18.9 Å². The van der Waals surface area contributed by atoms with Crippen molar-refractivity contribution in [3.8, 4) is 0 Å². The van der Waals surface area contributed by atoms with Crippen molar-refractivity contribution in [3.05, 3.63) is 35.9 Å². The second-order valence-corrected chi connectivity index (χ2v) is 5.23. The molecule has 0 amide bonds. The minimum absolute atomic E-state index is 0. The van der Waals surface area contributed by atoms with Gasteiger partial charge in [0.25, 0.3) is 0 Å². The average molecular weight is 254 g/mol. The van der Waals surface area contributed by atoms with Gasteiger partial charge in [-0.1, -0.05) is 30.3 Å². The average Bonchev–Trinajstić information content (AvgIpc) is 2.30.